The van der Waals surface area contributed by atoms with Gasteiger partial charge in [0, 0.05) is 18.7 Å². The molecule has 0 spiro atoms. The Kier molecular flexibility index (Phi) is 18.4. The molecule has 3 nitrogen and oxygen atoms in total. The second-order valence-corrected chi connectivity index (χ2v) is 9.66. The Morgan fingerprint density at radius 3 is 1.41 bits per heavy atom. The molecule has 4 N–H and O–H groups in total. The Balaban J connectivity index is 1.70. The molecule has 174 valence electrons. The smallest absolute Gasteiger partial charge is 0.0727 e. The molecule has 1 fully saturated rings. The summed E-state index contributed by atoms with van der Waals surface area (Å²) in [6.45, 7) is 3.18. The molecule has 3 unspecified atom stereocenters. The molecule has 3 heteroatoms. The van der Waals surface area contributed by atoms with Gasteiger partial charge < -0.3 is 16.2 Å². The topological polar surface area (TPSA) is 61.3 Å². The second-order valence-electron chi connectivity index (χ2n) is 9.66. The zero-order valence-electron chi connectivity index (χ0n) is 19.9. The fourth-order valence-electron chi connectivity index (χ4n) is 4.66. The van der Waals surface area contributed by atoms with Crippen molar-refractivity contribution in [3.63, 3.8) is 0 Å². The summed E-state index contributed by atoms with van der Waals surface area (Å²) in [6.07, 6.45) is 28.8. The first-order valence-corrected chi connectivity index (χ1v) is 13.4. The van der Waals surface area contributed by atoms with Crippen LogP contribution in [0, 0.1) is 0 Å². The predicted molar refractivity (Wildman–Crippen MR) is 128 cm³/mol. The number of nitrogens with two attached hydrogens (primary N) is 2. The largest absolute Gasteiger partial charge is 0.377 e. The van der Waals surface area contributed by atoms with E-state index in [9.17, 15) is 0 Å². The fraction of sp³-hybridized carbons (Fsp3) is 1.00. The van der Waals surface area contributed by atoms with E-state index in [1.165, 1.54) is 116 Å². The maximum absolute atomic E-state index is 6.15. The van der Waals surface area contributed by atoms with Crippen molar-refractivity contribution in [2.75, 3.05) is 6.61 Å². The van der Waals surface area contributed by atoms with E-state index in [0.29, 0.717) is 0 Å². The van der Waals surface area contributed by atoms with E-state index in [1.54, 1.807) is 0 Å². The zero-order valence-corrected chi connectivity index (χ0v) is 19.9. The van der Waals surface area contributed by atoms with Crippen LogP contribution in [-0.2, 0) is 4.74 Å². The lowest BCUT2D eigenvalue weighted by Gasteiger charge is -2.32. The maximum Gasteiger partial charge on any atom is 0.0727 e. The Hall–Kier alpha value is -0.120. The quantitative estimate of drug-likeness (QED) is 0.208. The number of unbranched alkanes of at least 4 members (excludes halogenated alkanes) is 17. The summed E-state index contributed by atoms with van der Waals surface area (Å²) in [7, 11) is 0. The molecule has 0 bridgehead atoms. The molecule has 0 saturated heterocycles. The molecule has 1 aliphatic rings. The molecule has 1 saturated carbocycles. The van der Waals surface area contributed by atoms with E-state index >= 15 is 0 Å². The first kappa shape index (κ1) is 26.9. The van der Waals surface area contributed by atoms with Crippen LogP contribution in [0.4, 0.5) is 0 Å². The molecule has 29 heavy (non-hydrogen) atoms. The molecular formula is C26H54N2O. The van der Waals surface area contributed by atoms with Gasteiger partial charge in [-0.05, 0) is 25.7 Å². The zero-order chi connectivity index (χ0) is 21.0. The summed E-state index contributed by atoms with van der Waals surface area (Å²) in [5.41, 5.74) is 12.1. The Labute approximate surface area is 183 Å². The normalized spacial score (nSPS) is 22.2. The van der Waals surface area contributed by atoms with Gasteiger partial charge in [-0.25, -0.2) is 0 Å². The van der Waals surface area contributed by atoms with Crippen LogP contribution in [0.15, 0.2) is 0 Å². The molecule has 0 radical (unpaired) electrons. The van der Waals surface area contributed by atoms with Gasteiger partial charge in [0.25, 0.3) is 0 Å². The van der Waals surface area contributed by atoms with Gasteiger partial charge >= 0.3 is 0 Å². The van der Waals surface area contributed by atoms with Crippen LogP contribution in [0.5, 0.6) is 0 Å². The standard InChI is InChI=1S/C26H54N2O/c1-2-3-4-5-6-7-8-9-10-11-12-13-14-15-16-17-18-19-22-29-26-21-20-24(27)23-25(26)28/h24-26H,2-23,27-28H2,1H3. The third-order valence-electron chi connectivity index (χ3n) is 6.70. The van der Waals surface area contributed by atoms with Gasteiger partial charge in [-0.3, -0.25) is 0 Å². The summed E-state index contributed by atoms with van der Waals surface area (Å²) in [6, 6.07) is 0.434. The van der Waals surface area contributed by atoms with Crippen molar-refractivity contribution >= 4 is 0 Å². The van der Waals surface area contributed by atoms with E-state index in [4.69, 9.17) is 16.2 Å². The van der Waals surface area contributed by atoms with Gasteiger partial charge in [-0.15, -0.1) is 0 Å². The van der Waals surface area contributed by atoms with Crippen LogP contribution in [0.1, 0.15) is 142 Å². The number of rotatable bonds is 20. The van der Waals surface area contributed by atoms with Crippen molar-refractivity contribution in [1.29, 1.82) is 0 Å². The van der Waals surface area contributed by atoms with E-state index < -0.39 is 0 Å². The van der Waals surface area contributed by atoms with Gasteiger partial charge in [0.05, 0.1) is 6.10 Å². The lowest BCUT2D eigenvalue weighted by Crippen LogP contribution is -2.46. The Morgan fingerprint density at radius 1 is 0.586 bits per heavy atom. The first-order valence-electron chi connectivity index (χ1n) is 13.4. The highest BCUT2D eigenvalue weighted by molar-refractivity contribution is 4.85. The van der Waals surface area contributed by atoms with E-state index in [1.807, 2.05) is 0 Å². The van der Waals surface area contributed by atoms with Crippen LogP contribution in [0.25, 0.3) is 0 Å². The molecule has 3 atom stereocenters. The molecule has 0 heterocycles. The van der Waals surface area contributed by atoms with Crippen molar-refractivity contribution in [3.05, 3.63) is 0 Å². The SMILES string of the molecule is CCCCCCCCCCCCCCCCCCCCOC1CCC(N)CC1N. The molecule has 0 aromatic carbocycles. The Morgan fingerprint density at radius 2 is 1.00 bits per heavy atom. The highest BCUT2D eigenvalue weighted by atomic mass is 16.5. The van der Waals surface area contributed by atoms with Gasteiger partial charge in [-0.2, -0.15) is 0 Å². The minimum Gasteiger partial charge on any atom is -0.377 e. The number of hydrogen-bond donors (Lipinski definition) is 2. The van der Waals surface area contributed by atoms with Crippen molar-refractivity contribution in [3.8, 4) is 0 Å². The molecule has 0 aliphatic heterocycles. The number of ether oxygens (including phenoxy) is 1. The summed E-state index contributed by atoms with van der Waals surface area (Å²) in [4.78, 5) is 0. The van der Waals surface area contributed by atoms with Gasteiger partial charge in [-0.1, -0.05) is 116 Å². The van der Waals surface area contributed by atoms with Crippen LogP contribution in [0.2, 0.25) is 0 Å². The summed E-state index contributed by atoms with van der Waals surface area (Å²) >= 11 is 0. The van der Waals surface area contributed by atoms with Crippen LogP contribution >= 0.6 is 0 Å². The molecule has 0 aromatic heterocycles. The predicted octanol–water partition coefficient (Wildman–Crippen LogP) is 7.25. The fourth-order valence-corrected chi connectivity index (χ4v) is 4.66. The van der Waals surface area contributed by atoms with Crippen LogP contribution < -0.4 is 11.5 Å². The van der Waals surface area contributed by atoms with Crippen molar-refractivity contribution < 1.29 is 4.74 Å². The molecule has 1 aliphatic carbocycles. The molecule has 1 rings (SSSR count). The van der Waals surface area contributed by atoms with Gasteiger partial charge in [0.2, 0.25) is 0 Å². The summed E-state index contributed by atoms with van der Waals surface area (Å²) in [5.74, 6) is 0. The lowest BCUT2D eigenvalue weighted by molar-refractivity contribution is 0.00978. The first-order chi connectivity index (χ1) is 14.2. The van der Waals surface area contributed by atoms with Crippen LogP contribution in [0.3, 0.4) is 0 Å². The third kappa shape index (κ3) is 16.3. The van der Waals surface area contributed by atoms with E-state index in [-0.39, 0.29) is 18.2 Å². The average Bonchev–Trinajstić information content (AvgIpc) is 2.71. The number of hydrogen-bond acceptors (Lipinski definition) is 3. The summed E-state index contributed by atoms with van der Waals surface area (Å²) < 4.78 is 5.99. The van der Waals surface area contributed by atoms with E-state index in [2.05, 4.69) is 6.92 Å². The minimum absolute atomic E-state index is 0.147. The molecule has 0 aromatic rings. The Bertz CT molecular complexity index is 337. The van der Waals surface area contributed by atoms with E-state index in [0.717, 1.165) is 25.9 Å². The lowest BCUT2D eigenvalue weighted by atomic mass is 9.89. The van der Waals surface area contributed by atoms with Gasteiger partial charge in [0.15, 0.2) is 0 Å². The van der Waals surface area contributed by atoms with Crippen molar-refractivity contribution in [2.24, 2.45) is 11.5 Å². The van der Waals surface area contributed by atoms with Crippen molar-refractivity contribution in [1.82, 2.24) is 0 Å². The highest BCUT2D eigenvalue weighted by Crippen LogP contribution is 2.20. The van der Waals surface area contributed by atoms with Gasteiger partial charge in [0.1, 0.15) is 0 Å². The monoisotopic (exact) mass is 410 g/mol. The van der Waals surface area contributed by atoms with Crippen molar-refractivity contribution in [2.45, 2.75) is 160 Å². The minimum atomic E-state index is 0.147. The maximum atomic E-state index is 6.15. The summed E-state index contributed by atoms with van der Waals surface area (Å²) in [5, 5.41) is 0. The highest BCUT2D eigenvalue weighted by Gasteiger charge is 2.26. The molecule has 0 amide bonds. The van der Waals surface area contributed by atoms with Crippen LogP contribution in [-0.4, -0.2) is 24.8 Å². The second kappa shape index (κ2) is 19.8. The molecular weight excluding hydrogens is 356 g/mol. The third-order valence-corrected chi connectivity index (χ3v) is 6.70. The average molecular weight is 411 g/mol.